The SMILES string of the molecule is CCc1ccc(/C=[N+](\[O-])c2ccc(-c3nc(-c4ccccc4)no3)cc2)cc1. The molecule has 4 aromatic rings. The lowest BCUT2D eigenvalue weighted by Gasteiger charge is -2.04. The molecule has 0 aliphatic rings. The van der Waals surface area contributed by atoms with E-state index in [1.165, 1.54) is 5.56 Å². The first-order chi connectivity index (χ1) is 13.7. The van der Waals surface area contributed by atoms with E-state index in [1.54, 1.807) is 30.5 Å². The van der Waals surface area contributed by atoms with Crippen LogP contribution in [0, 0.1) is 5.21 Å². The average molecular weight is 369 g/mol. The number of hydrogen-bond donors (Lipinski definition) is 0. The summed E-state index contributed by atoms with van der Waals surface area (Å²) in [4.78, 5) is 4.43. The summed E-state index contributed by atoms with van der Waals surface area (Å²) in [7, 11) is 0. The molecule has 5 nitrogen and oxygen atoms in total. The molecule has 0 fully saturated rings. The van der Waals surface area contributed by atoms with E-state index in [1.807, 2.05) is 54.6 Å². The first kappa shape index (κ1) is 17.7. The minimum absolute atomic E-state index is 0.419. The predicted octanol–water partition coefficient (Wildman–Crippen LogP) is 5.23. The maximum Gasteiger partial charge on any atom is 0.258 e. The second-order valence-electron chi connectivity index (χ2n) is 6.39. The van der Waals surface area contributed by atoms with Crippen LogP contribution < -0.4 is 0 Å². The molecular weight excluding hydrogens is 350 g/mol. The maximum absolute atomic E-state index is 12.4. The molecule has 0 saturated carbocycles. The Balaban J connectivity index is 1.53. The fourth-order valence-corrected chi connectivity index (χ4v) is 2.85. The molecule has 0 saturated heterocycles. The van der Waals surface area contributed by atoms with Crippen LogP contribution in [0.25, 0.3) is 22.8 Å². The molecule has 0 atom stereocenters. The van der Waals surface area contributed by atoms with Crippen LogP contribution in [-0.2, 0) is 6.42 Å². The lowest BCUT2D eigenvalue weighted by molar-refractivity contribution is -0.354. The third-order valence-electron chi connectivity index (χ3n) is 4.48. The number of aryl methyl sites for hydroxylation is 1. The normalized spacial score (nSPS) is 11.5. The Morgan fingerprint density at radius 3 is 2.29 bits per heavy atom. The van der Waals surface area contributed by atoms with Crippen molar-refractivity contribution in [1.29, 1.82) is 0 Å². The average Bonchev–Trinajstić information content (AvgIpc) is 3.25. The van der Waals surface area contributed by atoms with Crippen molar-refractivity contribution in [2.45, 2.75) is 13.3 Å². The van der Waals surface area contributed by atoms with Crippen molar-refractivity contribution >= 4 is 11.9 Å². The summed E-state index contributed by atoms with van der Waals surface area (Å²) in [6.45, 7) is 2.10. The zero-order valence-electron chi connectivity index (χ0n) is 15.4. The van der Waals surface area contributed by atoms with Gasteiger partial charge >= 0.3 is 0 Å². The topological polar surface area (TPSA) is 65.0 Å². The smallest absolute Gasteiger partial charge is 0.258 e. The molecule has 138 valence electrons. The third-order valence-corrected chi connectivity index (χ3v) is 4.48. The molecule has 4 rings (SSSR count). The zero-order chi connectivity index (χ0) is 19.3. The van der Waals surface area contributed by atoms with E-state index < -0.39 is 0 Å². The Labute approximate surface area is 163 Å². The van der Waals surface area contributed by atoms with Gasteiger partial charge in [0, 0.05) is 28.8 Å². The summed E-state index contributed by atoms with van der Waals surface area (Å²) in [5.41, 5.74) is 4.29. The molecule has 0 spiro atoms. The molecule has 5 heteroatoms. The van der Waals surface area contributed by atoms with Gasteiger partial charge in [-0.1, -0.05) is 54.5 Å². The molecule has 3 aromatic carbocycles. The number of rotatable bonds is 5. The molecule has 28 heavy (non-hydrogen) atoms. The van der Waals surface area contributed by atoms with E-state index >= 15 is 0 Å². The van der Waals surface area contributed by atoms with E-state index in [2.05, 4.69) is 17.1 Å². The van der Waals surface area contributed by atoms with Gasteiger partial charge in [0.15, 0.2) is 6.21 Å². The number of hydrogen-bond acceptors (Lipinski definition) is 4. The van der Waals surface area contributed by atoms with Crippen LogP contribution in [0.3, 0.4) is 0 Å². The molecule has 0 N–H and O–H groups in total. The van der Waals surface area contributed by atoms with E-state index in [4.69, 9.17) is 4.52 Å². The van der Waals surface area contributed by atoms with Gasteiger partial charge in [0.2, 0.25) is 11.5 Å². The van der Waals surface area contributed by atoms with E-state index in [0.29, 0.717) is 17.4 Å². The number of nitrogens with zero attached hydrogens (tertiary/aromatic N) is 3. The monoisotopic (exact) mass is 369 g/mol. The quantitative estimate of drug-likeness (QED) is 0.209. The highest BCUT2D eigenvalue weighted by Crippen LogP contribution is 2.24. The summed E-state index contributed by atoms with van der Waals surface area (Å²) in [5.74, 6) is 0.955. The van der Waals surface area contributed by atoms with Crippen LogP contribution in [0.15, 0.2) is 83.4 Å². The Hall–Kier alpha value is -3.73. The van der Waals surface area contributed by atoms with Gasteiger partial charge in [-0.2, -0.15) is 9.72 Å². The van der Waals surface area contributed by atoms with Crippen molar-refractivity contribution in [3.63, 3.8) is 0 Å². The molecule has 0 amide bonds. The summed E-state index contributed by atoms with van der Waals surface area (Å²) in [6, 6.07) is 24.7. The lowest BCUT2D eigenvalue weighted by Crippen LogP contribution is -1.98. The van der Waals surface area contributed by atoms with Crippen LogP contribution >= 0.6 is 0 Å². The second-order valence-corrected chi connectivity index (χ2v) is 6.39. The van der Waals surface area contributed by atoms with Crippen molar-refractivity contribution in [2.24, 2.45) is 0 Å². The van der Waals surface area contributed by atoms with Gasteiger partial charge in [0.25, 0.3) is 5.89 Å². The van der Waals surface area contributed by atoms with Gasteiger partial charge in [-0.25, -0.2) is 0 Å². The molecule has 0 bridgehead atoms. The van der Waals surface area contributed by atoms with Crippen molar-refractivity contribution in [3.8, 4) is 22.8 Å². The molecule has 1 aromatic heterocycles. The fraction of sp³-hybridized carbons (Fsp3) is 0.0870. The Kier molecular flexibility index (Phi) is 4.97. The summed E-state index contributed by atoms with van der Waals surface area (Å²) in [5, 5.41) is 16.4. The highest BCUT2D eigenvalue weighted by Gasteiger charge is 2.11. The number of aromatic nitrogens is 2. The maximum atomic E-state index is 12.4. The summed E-state index contributed by atoms with van der Waals surface area (Å²) >= 11 is 0. The second kappa shape index (κ2) is 7.88. The van der Waals surface area contributed by atoms with Crippen LogP contribution in [0.2, 0.25) is 0 Å². The van der Waals surface area contributed by atoms with Gasteiger partial charge in [0.1, 0.15) is 0 Å². The van der Waals surface area contributed by atoms with Crippen LogP contribution in [-0.4, -0.2) is 21.1 Å². The Morgan fingerprint density at radius 2 is 1.61 bits per heavy atom. The van der Waals surface area contributed by atoms with Crippen molar-refractivity contribution in [3.05, 3.63) is 95.2 Å². The summed E-state index contributed by atoms with van der Waals surface area (Å²) in [6.07, 6.45) is 2.54. The van der Waals surface area contributed by atoms with Crippen LogP contribution in [0.5, 0.6) is 0 Å². The van der Waals surface area contributed by atoms with Crippen molar-refractivity contribution in [1.82, 2.24) is 10.1 Å². The minimum atomic E-state index is 0.419. The standard InChI is InChI=1S/C23H19N3O2/c1-2-17-8-10-18(11-9-17)16-26(27)21-14-12-20(13-15-21)23-24-22(25-28-23)19-6-4-3-5-7-19/h3-16H,2H2,1H3/b26-16-. The molecule has 1 heterocycles. The molecule has 0 radical (unpaired) electrons. The first-order valence-electron chi connectivity index (χ1n) is 9.12. The number of benzene rings is 3. The van der Waals surface area contributed by atoms with Gasteiger partial charge in [-0.3, -0.25) is 0 Å². The molecular formula is C23H19N3O2. The first-order valence-corrected chi connectivity index (χ1v) is 9.12. The zero-order valence-corrected chi connectivity index (χ0v) is 15.4. The van der Waals surface area contributed by atoms with Crippen LogP contribution in [0.1, 0.15) is 18.1 Å². The predicted molar refractivity (Wildman–Crippen MR) is 109 cm³/mol. The lowest BCUT2D eigenvalue weighted by atomic mass is 10.1. The van der Waals surface area contributed by atoms with E-state index in [9.17, 15) is 5.21 Å². The Morgan fingerprint density at radius 1 is 0.893 bits per heavy atom. The van der Waals surface area contributed by atoms with Gasteiger partial charge < -0.3 is 9.73 Å². The van der Waals surface area contributed by atoms with Crippen molar-refractivity contribution in [2.75, 3.05) is 0 Å². The summed E-state index contributed by atoms with van der Waals surface area (Å²) < 4.78 is 6.22. The van der Waals surface area contributed by atoms with Crippen molar-refractivity contribution < 1.29 is 9.26 Å². The highest BCUT2D eigenvalue weighted by molar-refractivity contribution is 5.76. The molecule has 0 aliphatic heterocycles. The highest BCUT2D eigenvalue weighted by atomic mass is 16.5. The van der Waals surface area contributed by atoms with E-state index in [-0.39, 0.29) is 0 Å². The molecule has 0 aliphatic carbocycles. The van der Waals surface area contributed by atoms with Gasteiger partial charge in [-0.05, 0) is 36.2 Å². The fourth-order valence-electron chi connectivity index (χ4n) is 2.85. The largest absolute Gasteiger partial charge is 0.618 e. The third kappa shape index (κ3) is 3.83. The van der Waals surface area contributed by atoms with Crippen LogP contribution in [0.4, 0.5) is 5.69 Å². The van der Waals surface area contributed by atoms with Gasteiger partial charge in [-0.15, -0.1) is 0 Å². The Bertz CT molecular complexity index is 1080. The molecule has 0 unspecified atom stereocenters. The minimum Gasteiger partial charge on any atom is -0.618 e. The van der Waals surface area contributed by atoms with Gasteiger partial charge in [0.05, 0.1) is 0 Å². The van der Waals surface area contributed by atoms with E-state index in [0.717, 1.165) is 27.9 Å².